The van der Waals surface area contributed by atoms with Crippen molar-refractivity contribution in [2.45, 2.75) is 46.5 Å². The Morgan fingerprint density at radius 1 is 1.46 bits per heavy atom. The Hall–Kier alpha value is -1.95. The van der Waals surface area contributed by atoms with E-state index in [9.17, 15) is 4.79 Å². The van der Waals surface area contributed by atoms with Gasteiger partial charge in [0.2, 0.25) is 5.91 Å². The summed E-state index contributed by atoms with van der Waals surface area (Å²) in [4.78, 5) is 18.1. The number of thiazole rings is 1. The molecule has 1 amide bonds. The molecule has 128 valence electrons. The van der Waals surface area contributed by atoms with E-state index >= 15 is 0 Å². The SMILES string of the molecule is CCC1CCc2nc(NC(=O)/C=C/c3c(C)nn(C)c3C)sc2C1. The number of carbonyl (C=O) groups excluding carboxylic acids is 1. The highest BCUT2D eigenvalue weighted by Crippen LogP contribution is 2.33. The summed E-state index contributed by atoms with van der Waals surface area (Å²) in [6.07, 6.45) is 7.94. The van der Waals surface area contributed by atoms with Gasteiger partial charge in [0, 0.05) is 29.3 Å². The number of aryl methyl sites for hydroxylation is 3. The molecule has 5 nitrogen and oxygen atoms in total. The van der Waals surface area contributed by atoms with Gasteiger partial charge in [-0.25, -0.2) is 4.98 Å². The second-order valence-electron chi connectivity index (χ2n) is 6.44. The molecule has 1 aliphatic rings. The van der Waals surface area contributed by atoms with Gasteiger partial charge in [0.05, 0.1) is 11.4 Å². The van der Waals surface area contributed by atoms with Crippen molar-refractivity contribution in [2.24, 2.45) is 13.0 Å². The zero-order valence-electron chi connectivity index (χ0n) is 14.7. The van der Waals surface area contributed by atoms with Gasteiger partial charge in [-0.2, -0.15) is 5.10 Å². The summed E-state index contributed by atoms with van der Waals surface area (Å²) in [5.74, 6) is 0.619. The van der Waals surface area contributed by atoms with E-state index in [1.54, 1.807) is 17.4 Å². The third kappa shape index (κ3) is 3.43. The fourth-order valence-corrected chi connectivity index (χ4v) is 4.31. The molecular weight excluding hydrogens is 320 g/mol. The largest absolute Gasteiger partial charge is 0.298 e. The van der Waals surface area contributed by atoms with Crippen LogP contribution in [-0.2, 0) is 24.7 Å². The van der Waals surface area contributed by atoms with E-state index in [1.165, 1.54) is 23.4 Å². The van der Waals surface area contributed by atoms with Crippen LogP contribution in [0.3, 0.4) is 0 Å². The normalized spacial score (nSPS) is 17.2. The number of carbonyl (C=O) groups is 1. The number of nitrogens with one attached hydrogen (secondary N) is 1. The third-order valence-electron chi connectivity index (χ3n) is 4.82. The Morgan fingerprint density at radius 2 is 2.25 bits per heavy atom. The van der Waals surface area contributed by atoms with Crippen molar-refractivity contribution in [2.75, 3.05) is 5.32 Å². The van der Waals surface area contributed by atoms with Crippen molar-refractivity contribution < 1.29 is 4.79 Å². The Morgan fingerprint density at radius 3 is 2.92 bits per heavy atom. The van der Waals surface area contributed by atoms with E-state index < -0.39 is 0 Å². The van der Waals surface area contributed by atoms with E-state index in [0.717, 1.165) is 35.7 Å². The van der Waals surface area contributed by atoms with Crippen molar-refractivity contribution in [1.82, 2.24) is 14.8 Å². The maximum atomic E-state index is 12.2. The van der Waals surface area contributed by atoms with E-state index in [4.69, 9.17) is 0 Å². The molecule has 0 saturated carbocycles. The van der Waals surface area contributed by atoms with Gasteiger partial charge >= 0.3 is 0 Å². The minimum Gasteiger partial charge on any atom is -0.298 e. The molecule has 3 rings (SSSR count). The molecule has 2 aromatic rings. The lowest BCUT2D eigenvalue weighted by Gasteiger charge is -2.18. The average molecular weight is 344 g/mol. The van der Waals surface area contributed by atoms with Gasteiger partial charge in [-0.05, 0) is 45.1 Å². The van der Waals surface area contributed by atoms with Gasteiger partial charge < -0.3 is 0 Å². The first kappa shape index (κ1) is 16.9. The minimum atomic E-state index is -0.143. The summed E-state index contributed by atoms with van der Waals surface area (Å²) in [7, 11) is 1.91. The molecule has 2 aromatic heterocycles. The van der Waals surface area contributed by atoms with Crippen LogP contribution in [0.4, 0.5) is 5.13 Å². The van der Waals surface area contributed by atoms with Crippen LogP contribution in [-0.4, -0.2) is 20.7 Å². The highest BCUT2D eigenvalue weighted by atomic mass is 32.1. The van der Waals surface area contributed by atoms with E-state index in [1.807, 2.05) is 31.7 Å². The zero-order valence-corrected chi connectivity index (χ0v) is 15.5. The van der Waals surface area contributed by atoms with Crippen molar-refractivity contribution >= 4 is 28.5 Å². The number of aromatic nitrogens is 3. The lowest BCUT2D eigenvalue weighted by molar-refractivity contribution is -0.111. The lowest BCUT2D eigenvalue weighted by atomic mass is 9.89. The monoisotopic (exact) mass is 344 g/mol. The topological polar surface area (TPSA) is 59.8 Å². The van der Waals surface area contributed by atoms with E-state index in [-0.39, 0.29) is 5.91 Å². The van der Waals surface area contributed by atoms with Crippen LogP contribution < -0.4 is 5.32 Å². The smallest absolute Gasteiger partial charge is 0.250 e. The molecule has 0 bridgehead atoms. The maximum Gasteiger partial charge on any atom is 0.250 e. The Kier molecular flexibility index (Phi) is 4.85. The number of fused-ring (bicyclic) bond motifs is 1. The fraction of sp³-hybridized carbons (Fsp3) is 0.500. The molecule has 1 unspecified atom stereocenters. The molecule has 0 spiro atoms. The summed E-state index contributed by atoms with van der Waals surface area (Å²) in [5.41, 5.74) is 4.14. The van der Waals surface area contributed by atoms with Crippen molar-refractivity contribution in [3.8, 4) is 0 Å². The Labute approximate surface area is 146 Å². The molecule has 0 radical (unpaired) electrons. The number of hydrogen-bond donors (Lipinski definition) is 1. The van der Waals surface area contributed by atoms with Crippen molar-refractivity contribution in [1.29, 1.82) is 0 Å². The van der Waals surface area contributed by atoms with Crippen molar-refractivity contribution in [3.05, 3.63) is 33.6 Å². The summed E-state index contributed by atoms with van der Waals surface area (Å²) in [6.45, 7) is 6.19. The van der Waals surface area contributed by atoms with Gasteiger partial charge in [-0.15, -0.1) is 11.3 Å². The third-order valence-corrected chi connectivity index (χ3v) is 5.85. The van der Waals surface area contributed by atoms with Crippen LogP contribution >= 0.6 is 11.3 Å². The van der Waals surface area contributed by atoms with Crippen LogP contribution in [0.25, 0.3) is 6.08 Å². The highest BCUT2D eigenvalue weighted by molar-refractivity contribution is 7.15. The molecule has 1 atom stereocenters. The first-order chi connectivity index (χ1) is 11.5. The standard InChI is InChI=1S/C18H24N4OS/c1-5-13-6-8-15-16(10-13)24-18(19-15)20-17(23)9-7-14-11(2)21-22(4)12(14)3/h7,9,13H,5-6,8,10H2,1-4H3,(H,19,20,23)/b9-7+. The molecule has 1 N–H and O–H groups in total. The molecular formula is C18H24N4OS. The second-order valence-corrected chi connectivity index (χ2v) is 7.52. The number of hydrogen-bond acceptors (Lipinski definition) is 4. The molecule has 0 fully saturated rings. The maximum absolute atomic E-state index is 12.2. The molecule has 24 heavy (non-hydrogen) atoms. The van der Waals surface area contributed by atoms with Crippen LogP contribution in [0, 0.1) is 19.8 Å². The first-order valence-electron chi connectivity index (χ1n) is 8.45. The number of amides is 1. The molecule has 2 heterocycles. The Balaban J connectivity index is 1.67. The molecule has 0 aromatic carbocycles. The summed E-state index contributed by atoms with van der Waals surface area (Å²) < 4.78 is 1.83. The van der Waals surface area contributed by atoms with Crippen LogP contribution in [0.1, 0.15) is 47.3 Å². The zero-order chi connectivity index (χ0) is 17.3. The summed E-state index contributed by atoms with van der Waals surface area (Å²) in [5, 5.41) is 7.97. The number of nitrogens with zero attached hydrogens (tertiary/aromatic N) is 3. The lowest BCUT2D eigenvalue weighted by Crippen LogP contribution is -2.11. The van der Waals surface area contributed by atoms with Gasteiger partial charge in [0.15, 0.2) is 5.13 Å². The Bertz CT molecular complexity index is 787. The fourth-order valence-electron chi connectivity index (χ4n) is 3.18. The predicted molar refractivity (Wildman–Crippen MR) is 98.3 cm³/mol. The van der Waals surface area contributed by atoms with Gasteiger partial charge in [-0.1, -0.05) is 13.3 Å². The molecule has 0 aliphatic heterocycles. The van der Waals surface area contributed by atoms with Gasteiger partial charge in [0.25, 0.3) is 0 Å². The van der Waals surface area contributed by atoms with E-state index in [2.05, 4.69) is 22.3 Å². The average Bonchev–Trinajstić information content (AvgIpc) is 3.05. The number of rotatable bonds is 4. The van der Waals surface area contributed by atoms with Crippen LogP contribution in [0.5, 0.6) is 0 Å². The van der Waals surface area contributed by atoms with E-state index in [0.29, 0.717) is 5.13 Å². The summed E-state index contributed by atoms with van der Waals surface area (Å²) >= 11 is 1.62. The minimum absolute atomic E-state index is 0.143. The summed E-state index contributed by atoms with van der Waals surface area (Å²) in [6, 6.07) is 0. The predicted octanol–water partition coefficient (Wildman–Crippen LogP) is 3.66. The van der Waals surface area contributed by atoms with Gasteiger partial charge in [-0.3, -0.25) is 14.8 Å². The quantitative estimate of drug-likeness (QED) is 0.861. The van der Waals surface area contributed by atoms with Crippen molar-refractivity contribution in [3.63, 3.8) is 0 Å². The number of anilines is 1. The van der Waals surface area contributed by atoms with Gasteiger partial charge in [0.1, 0.15) is 0 Å². The first-order valence-corrected chi connectivity index (χ1v) is 9.27. The molecule has 0 saturated heterocycles. The second kappa shape index (κ2) is 6.89. The molecule has 6 heteroatoms. The van der Waals surface area contributed by atoms with Crippen LogP contribution in [0.2, 0.25) is 0 Å². The molecule has 1 aliphatic carbocycles. The highest BCUT2D eigenvalue weighted by Gasteiger charge is 2.21. The van der Waals surface area contributed by atoms with Crippen LogP contribution in [0.15, 0.2) is 6.08 Å².